The summed E-state index contributed by atoms with van der Waals surface area (Å²) in [5, 5.41) is 8.27. The van der Waals surface area contributed by atoms with E-state index in [2.05, 4.69) is 4.74 Å². The number of rotatable bonds is 5. The van der Waals surface area contributed by atoms with E-state index in [1.165, 1.54) is 6.92 Å². The maximum atomic E-state index is 11.3. The molecule has 0 aliphatic heterocycles. The lowest BCUT2D eigenvalue weighted by atomic mass is 10.0. The van der Waals surface area contributed by atoms with Crippen molar-refractivity contribution in [3.05, 3.63) is 35.4 Å². The van der Waals surface area contributed by atoms with Gasteiger partial charge in [-0.2, -0.15) is 5.26 Å². The van der Waals surface area contributed by atoms with E-state index in [4.69, 9.17) is 11.0 Å². The second kappa shape index (κ2) is 6.52. The molecule has 2 N–H and O–H groups in total. The van der Waals surface area contributed by atoms with Gasteiger partial charge in [-0.1, -0.05) is 24.3 Å². The average molecular weight is 246 g/mol. The highest BCUT2D eigenvalue weighted by Crippen LogP contribution is 2.07. The smallest absolute Gasteiger partial charge is 0.324 e. The standard InChI is InChI=1S/C13H14N2O3/c1-9(16)11-4-2-10(3-5-11)8-12(15)13(17)18-7-6-14/h2-5,12H,7-8,15H2,1H3/t12-/m0/s1. The molecule has 0 spiro atoms. The third-order valence-corrected chi connectivity index (χ3v) is 2.40. The van der Waals surface area contributed by atoms with Crippen LogP contribution in [0.5, 0.6) is 0 Å². The molecule has 0 saturated carbocycles. The molecule has 0 bridgehead atoms. The first kappa shape index (κ1) is 13.9. The Bertz CT molecular complexity index is 474. The van der Waals surface area contributed by atoms with Gasteiger partial charge in [0.15, 0.2) is 12.4 Å². The van der Waals surface area contributed by atoms with Gasteiger partial charge in [-0.05, 0) is 18.9 Å². The SMILES string of the molecule is CC(=O)c1ccc(C[C@H](N)C(=O)OCC#N)cc1. The van der Waals surface area contributed by atoms with Gasteiger partial charge in [-0.15, -0.1) is 0 Å². The molecule has 0 unspecified atom stereocenters. The summed E-state index contributed by atoms with van der Waals surface area (Å²) in [6.07, 6.45) is 0.308. The predicted octanol–water partition coefficient (Wildman–Crippen LogP) is 0.826. The van der Waals surface area contributed by atoms with Gasteiger partial charge in [-0.25, -0.2) is 0 Å². The van der Waals surface area contributed by atoms with Crippen molar-refractivity contribution in [1.29, 1.82) is 5.26 Å². The van der Waals surface area contributed by atoms with Crippen molar-refractivity contribution < 1.29 is 14.3 Å². The van der Waals surface area contributed by atoms with Crippen LogP contribution in [0.3, 0.4) is 0 Å². The summed E-state index contributed by atoms with van der Waals surface area (Å²) < 4.78 is 4.61. The van der Waals surface area contributed by atoms with Crippen LogP contribution >= 0.6 is 0 Å². The van der Waals surface area contributed by atoms with Crippen LogP contribution in [0.2, 0.25) is 0 Å². The molecule has 5 nitrogen and oxygen atoms in total. The summed E-state index contributed by atoms with van der Waals surface area (Å²) in [6, 6.07) is 7.76. The summed E-state index contributed by atoms with van der Waals surface area (Å²) >= 11 is 0. The number of carbonyl (C=O) groups is 2. The first-order chi connectivity index (χ1) is 8.54. The topological polar surface area (TPSA) is 93.2 Å². The molecule has 94 valence electrons. The number of esters is 1. The molecule has 1 rings (SSSR count). The van der Waals surface area contributed by atoms with Gasteiger partial charge in [-0.3, -0.25) is 9.59 Å². The molecule has 0 fully saturated rings. The fraction of sp³-hybridized carbons (Fsp3) is 0.308. The number of Topliss-reactive ketones (excluding diaryl/α,β-unsaturated/α-hetero) is 1. The number of nitrogens with two attached hydrogens (primary N) is 1. The fourth-order valence-electron chi connectivity index (χ4n) is 1.42. The highest BCUT2D eigenvalue weighted by atomic mass is 16.5. The van der Waals surface area contributed by atoms with Gasteiger partial charge in [0.1, 0.15) is 12.1 Å². The van der Waals surface area contributed by atoms with Crippen LogP contribution in [-0.2, 0) is 16.0 Å². The van der Waals surface area contributed by atoms with Gasteiger partial charge in [0.05, 0.1) is 0 Å². The second-order valence-corrected chi connectivity index (χ2v) is 3.83. The Morgan fingerprint density at radius 3 is 2.50 bits per heavy atom. The average Bonchev–Trinajstić information content (AvgIpc) is 2.36. The zero-order chi connectivity index (χ0) is 13.5. The van der Waals surface area contributed by atoms with Gasteiger partial charge in [0, 0.05) is 5.56 Å². The molecule has 0 aromatic heterocycles. The number of ketones is 1. The van der Waals surface area contributed by atoms with E-state index in [1.807, 2.05) is 0 Å². The van der Waals surface area contributed by atoms with E-state index in [-0.39, 0.29) is 12.4 Å². The zero-order valence-electron chi connectivity index (χ0n) is 10.1. The van der Waals surface area contributed by atoms with E-state index < -0.39 is 12.0 Å². The zero-order valence-corrected chi connectivity index (χ0v) is 10.1. The molecule has 1 aromatic carbocycles. The number of nitrogens with zero attached hydrogens (tertiary/aromatic N) is 1. The summed E-state index contributed by atoms with van der Waals surface area (Å²) in [7, 11) is 0. The third kappa shape index (κ3) is 4.00. The lowest BCUT2D eigenvalue weighted by Crippen LogP contribution is -2.34. The molecule has 0 radical (unpaired) electrons. The number of hydrogen-bond donors (Lipinski definition) is 1. The molecule has 5 heteroatoms. The number of ether oxygens (including phenoxy) is 1. The first-order valence-corrected chi connectivity index (χ1v) is 5.43. The van der Waals surface area contributed by atoms with Crippen molar-refractivity contribution in [2.45, 2.75) is 19.4 Å². The maximum Gasteiger partial charge on any atom is 0.324 e. The number of carbonyl (C=O) groups excluding carboxylic acids is 2. The Kier molecular flexibility index (Phi) is 5.03. The lowest BCUT2D eigenvalue weighted by Gasteiger charge is -2.10. The molecule has 0 amide bonds. The summed E-state index contributed by atoms with van der Waals surface area (Å²) in [5.41, 5.74) is 7.08. The second-order valence-electron chi connectivity index (χ2n) is 3.83. The van der Waals surface area contributed by atoms with Crippen molar-refractivity contribution in [2.24, 2.45) is 5.73 Å². The first-order valence-electron chi connectivity index (χ1n) is 5.43. The summed E-state index contributed by atoms with van der Waals surface area (Å²) in [4.78, 5) is 22.4. The van der Waals surface area contributed by atoms with Crippen LogP contribution in [0.25, 0.3) is 0 Å². The Hall–Kier alpha value is -2.19. The molecular formula is C13H14N2O3. The predicted molar refractivity (Wildman–Crippen MR) is 64.7 cm³/mol. The van der Waals surface area contributed by atoms with Crippen LogP contribution in [0.4, 0.5) is 0 Å². The number of nitriles is 1. The van der Waals surface area contributed by atoms with Crippen LogP contribution in [-0.4, -0.2) is 24.4 Å². The van der Waals surface area contributed by atoms with Crippen LogP contribution in [0.15, 0.2) is 24.3 Å². The van der Waals surface area contributed by atoms with Crippen molar-refractivity contribution in [3.63, 3.8) is 0 Å². The molecule has 18 heavy (non-hydrogen) atoms. The van der Waals surface area contributed by atoms with E-state index in [0.29, 0.717) is 12.0 Å². The highest BCUT2D eigenvalue weighted by molar-refractivity contribution is 5.94. The fourth-order valence-corrected chi connectivity index (χ4v) is 1.42. The molecule has 0 aliphatic carbocycles. The molecule has 1 atom stereocenters. The van der Waals surface area contributed by atoms with E-state index >= 15 is 0 Å². The van der Waals surface area contributed by atoms with Gasteiger partial charge >= 0.3 is 5.97 Å². The Morgan fingerprint density at radius 1 is 1.39 bits per heavy atom. The summed E-state index contributed by atoms with van der Waals surface area (Å²) in [5.74, 6) is -0.619. The lowest BCUT2D eigenvalue weighted by molar-refractivity contribution is -0.143. The van der Waals surface area contributed by atoms with Crippen molar-refractivity contribution in [2.75, 3.05) is 6.61 Å². The normalized spacial score (nSPS) is 11.4. The van der Waals surface area contributed by atoms with Crippen molar-refractivity contribution >= 4 is 11.8 Å². The molecular weight excluding hydrogens is 232 g/mol. The monoisotopic (exact) mass is 246 g/mol. The molecule has 0 aliphatic rings. The minimum absolute atomic E-state index is 0.0146. The van der Waals surface area contributed by atoms with Crippen molar-refractivity contribution in [1.82, 2.24) is 0 Å². The molecule has 1 aromatic rings. The summed E-state index contributed by atoms with van der Waals surface area (Å²) in [6.45, 7) is 1.19. The number of benzene rings is 1. The van der Waals surface area contributed by atoms with Crippen LogP contribution in [0.1, 0.15) is 22.8 Å². The maximum absolute atomic E-state index is 11.3. The van der Waals surface area contributed by atoms with Crippen molar-refractivity contribution in [3.8, 4) is 6.07 Å². The Morgan fingerprint density at radius 2 is 2.00 bits per heavy atom. The van der Waals surface area contributed by atoms with E-state index in [1.54, 1.807) is 30.3 Å². The van der Waals surface area contributed by atoms with Gasteiger partial charge in [0.25, 0.3) is 0 Å². The van der Waals surface area contributed by atoms with Crippen LogP contribution < -0.4 is 5.73 Å². The number of hydrogen-bond acceptors (Lipinski definition) is 5. The molecule has 0 saturated heterocycles. The Balaban J connectivity index is 2.59. The third-order valence-electron chi connectivity index (χ3n) is 2.40. The van der Waals surface area contributed by atoms with Gasteiger partial charge in [0.2, 0.25) is 0 Å². The molecule has 0 heterocycles. The van der Waals surface area contributed by atoms with Gasteiger partial charge < -0.3 is 10.5 Å². The minimum atomic E-state index is -0.804. The largest absolute Gasteiger partial charge is 0.449 e. The van der Waals surface area contributed by atoms with Crippen LogP contribution in [0, 0.1) is 11.3 Å². The van der Waals surface area contributed by atoms with E-state index in [9.17, 15) is 9.59 Å². The highest BCUT2D eigenvalue weighted by Gasteiger charge is 2.15. The Labute approximate surface area is 105 Å². The quantitative estimate of drug-likeness (QED) is 0.613. The van der Waals surface area contributed by atoms with E-state index in [0.717, 1.165) is 5.56 Å². The minimum Gasteiger partial charge on any atom is -0.449 e.